The minimum atomic E-state index is -0.843. The number of nitrogens with zero attached hydrogens (tertiary/aromatic N) is 4. The monoisotopic (exact) mass is 446 g/mol. The van der Waals surface area contributed by atoms with Gasteiger partial charge >= 0.3 is 0 Å². The van der Waals surface area contributed by atoms with E-state index < -0.39 is 6.10 Å². The summed E-state index contributed by atoms with van der Waals surface area (Å²) in [6, 6.07) is 6.35. The van der Waals surface area contributed by atoms with Crippen molar-refractivity contribution in [3.63, 3.8) is 0 Å². The fourth-order valence-electron chi connectivity index (χ4n) is 2.72. The fourth-order valence-corrected chi connectivity index (χ4v) is 3.19. The van der Waals surface area contributed by atoms with Gasteiger partial charge in [-0.3, -0.25) is 20.0 Å². The first-order valence-electron chi connectivity index (χ1n) is 9.16. The Labute approximate surface area is 183 Å². The van der Waals surface area contributed by atoms with E-state index in [1.807, 2.05) is 0 Å². The minimum absolute atomic E-state index is 0.00331. The van der Waals surface area contributed by atoms with Gasteiger partial charge in [0.15, 0.2) is 0 Å². The van der Waals surface area contributed by atoms with Gasteiger partial charge in [-0.05, 0) is 24.3 Å². The summed E-state index contributed by atoms with van der Waals surface area (Å²) in [5, 5.41) is 31.8. The molecule has 1 aliphatic heterocycles. The van der Waals surface area contributed by atoms with Crippen LogP contribution >= 0.6 is 23.2 Å². The number of fused-ring (bicyclic) bond motifs is 4. The van der Waals surface area contributed by atoms with Gasteiger partial charge in [0.05, 0.1) is 32.3 Å². The molecule has 3 N–H and O–H groups in total. The third-order valence-corrected chi connectivity index (χ3v) is 4.62. The zero-order valence-corrected chi connectivity index (χ0v) is 17.4. The number of aliphatic hydroxyl groups excluding tert-OH is 1. The van der Waals surface area contributed by atoms with Crippen molar-refractivity contribution < 1.29 is 15.3 Å². The summed E-state index contributed by atoms with van der Waals surface area (Å²) in [5.41, 5.74) is 1.75. The normalized spacial score (nSPS) is 17.4. The van der Waals surface area contributed by atoms with Crippen molar-refractivity contribution in [2.24, 2.45) is 20.0 Å². The van der Waals surface area contributed by atoms with E-state index >= 15 is 0 Å². The number of rotatable bonds is 0. The Balaban J connectivity index is 1.92. The first kappa shape index (κ1) is 22.0. The molecule has 2 aromatic carbocycles. The third kappa shape index (κ3) is 5.89. The molecule has 9 heteroatoms. The van der Waals surface area contributed by atoms with Crippen LogP contribution in [0.25, 0.3) is 0 Å². The predicted molar refractivity (Wildman–Crippen MR) is 122 cm³/mol. The predicted octanol–water partition coefficient (Wildman–Crippen LogP) is 3.15. The molecule has 0 fully saturated rings. The van der Waals surface area contributed by atoms with Gasteiger partial charge in [-0.1, -0.05) is 23.2 Å². The summed E-state index contributed by atoms with van der Waals surface area (Å²) >= 11 is 12.2. The van der Waals surface area contributed by atoms with E-state index in [-0.39, 0.29) is 24.6 Å². The maximum absolute atomic E-state index is 10.4. The lowest BCUT2D eigenvalue weighted by molar-refractivity contribution is 0.193. The molecule has 1 aliphatic rings. The number of hydrogen-bond acceptors (Lipinski definition) is 7. The molecular formula is C21H20Cl2N4O3. The largest absolute Gasteiger partial charge is 0.507 e. The molecule has 0 aliphatic carbocycles. The molecule has 4 bridgehead atoms. The van der Waals surface area contributed by atoms with Gasteiger partial charge in [-0.25, -0.2) is 0 Å². The molecule has 0 saturated carbocycles. The number of halogens is 2. The van der Waals surface area contributed by atoms with E-state index in [1.165, 1.54) is 24.9 Å². The summed E-state index contributed by atoms with van der Waals surface area (Å²) in [6.45, 7) is 0.889. The lowest BCUT2D eigenvalue weighted by Crippen LogP contribution is -2.15. The molecule has 0 amide bonds. The quantitative estimate of drug-likeness (QED) is 0.577. The molecule has 156 valence electrons. The van der Waals surface area contributed by atoms with Crippen LogP contribution in [0.4, 0.5) is 0 Å². The van der Waals surface area contributed by atoms with Crippen LogP contribution in [0.2, 0.25) is 10.0 Å². The average Bonchev–Trinajstić information content (AvgIpc) is 2.70. The van der Waals surface area contributed by atoms with E-state index in [9.17, 15) is 15.3 Å². The van der Waals surface area contributed by atoms with Crippen LogP contribution in [0.3, 0.4) is 0 Å². The van der Waals surface area contributed by atoms with Gasteiger partial charge in [0, 0.05) is 57.2 Å². The second-order valence-corrected chi connectivity index (χ2v) is 7.45. The van der Waals surface area contributed by atoms with E-state index in [1.54, 1.807) is 24.3 Å². The number of aromatic hydroxyl groups is 2. The zero-order chi connectivity index (χ0) is 21.5. The van der Waals surface area contributed by atoms with Crippen molar-refractivity contribution in [1.29, 1.82) is 0 Å². The lowest BCUT2D eigenvalue weighted by Gasteiger charge is -2.06. The molecular weight excluding hydrogens is 427 g/mol. The molecule has 0 radical (unpaired) electrons. The van der Waals surface area contributed by atoms with Crippen molar-refractivity contribution in [2.75, 3.05) is 26.2 Å². The van der Waals surface area contributed by atoms with Gasteiger partial charge in [0.1, 0.15) is 11.5 Å². The maximum atomic E-state index is 10.4. The van der Waals surface area contributed by atoms with Crippen LogP contribution in [0.15, 0.2) is 44.2 Å². The summed E-state index contributed by atoms with van der Waals surface area (Å²) in [4.78, 5) is 16.8. The Morgan fingerprint density at radius 1 is 0.633 bits per heavy atom. The Hall–Kier alpha value is -2.74. The second-order valence-electron chi connectivity index (χ2n) is 6.58. The summed E-state index contributed by atoms with van der Waals surface area (Å²) in [5.74, 6) is -0.00663. The molecule has 0 atom stereocenters. The van der Waals surface area contributed by atoms with Crippen LogP contribution in [0.1, 0.15) is 22.3 Å². The molecule has 0 saturated heterocycles. The van der Waals surface area contributed by atoms with Gasteiger partial charge in [0.2, 0.25) is 0 Å². The number of aliphatic imine (C=N–C) groups is 4. The highest BCUT2D eigenvalue weighted by Gasteiger charge is 2.09. The SMILES string of the molecule is Oc1c2cc(Cl)cc1C=NCC(O)CN=Cc1cc(Cl)cc(c1O)C=NCCN=C2. The average molecular weight is 447 g/mol. The Morgan fingerprint density at radius 2 is 0.967 bits per heavy atom. The highest BCUT2D eigenvalue weighted by molar-refractivity contribution is 6.31. The number of benzene rings is 2. The smallest absolute Gasteiger partial charge is 0.133 e. The van der Waals surface area contributed by atoms with Crippen LogP contribution in [0.5, 0.6) is 11.5 Å². The first-order chi connectivity index (χ1) is 14.4. The highest BCUT2D eigenvalue weighted by atomic mass is 35.5. The van der Waals surface area contributed by atoms with Crippen molar-refractivity contribution >= 4 is 48.1 Å². The lowest BCUT2D eigenvalue weighted by atomic mass is 10.1. The first-order valence-corrected chi connectivity index (χ1v) is 9.92. The fraction of sp³-hybridized carbons (Fsp3) is 0.238. The molecule has 3 rings (SSSR count). The molecule has 0 aromatic heterocycles. The van der Waals surface area contributed by atoms with Gasteiger partial charge in [-0.2, -0.15) is 0 Å². The van der Waals surface area contributed by atoms with Gasteiger partial charge in [0.25, 0.3) is 0 Å². The highest BCUT2D eigenvalue weighted by Crippen LogP contribution is 2.26. The molecule has 0 unspecified atom stereocenters. The summed E-state index contributed by atoms with van der Waals surface area (Å²) < 4.78 is 0. The molecule has 30 heavy (non-hydrogen) atoms. The van der Waals surface area contributed by atoms with E-state index in [4.69, 9.17) is 23.2 Å². The molecule has 1 heterocycles. The summed E-state index contributed by atoms with van der Waals surface area (Å²) in [7, 11) is 0. The Kier molecular flexibility index (Phi) is 7.57. The van der Waals surface area contributed by atoms with E-state index in [2.05, 4.69) is 20.0 Å². The van der Waals surface area contributed by atoms with Gasteiger partial charge < -0.3 is 15.3 Å². The second kappa shape index (κ2) is 10.3. The topological polar surface area (TPSA) is 110 Å². The maximum Gasteiger partial charge on any atom is 0.133 e. The Bertz CT molecular complexity index is 954. The number of hydrogen-bond donors (Lipinski definition) is 3. The van der Waals surface area contributed by atoms with E-state index in [0.717, 1.165) is 0 Å². The number of phenols is 2. The third-order valence-electron chi connectivity index (χ3n) is 4.18. The molecule has 2 aromatic rings. The standard InChI is InChI=1S/C21H20Cl2N4O3/c22-17-3-13-7-24-1-2-25-8-14-4-18(23)6-16(21(14)30)10-27-12-19(28)11-26-9-15(5-17)20(13)29/h3-10,19,28-30H,1-2,11-12H2. The van der Waals surface area contributed by atoms with Crippen molar-refractivity contribution in [1.82, 2.24) is 0 Å². The number of phenolic OH excluding ortho intramolecular Hbond substituents is 2. The zero-order valence-electron chi connectivity index (χ0n) is 15.9. The van der Waals surface area contributed by atoms with Crippen molar-refractivity contribution in [3.8, 4) is 11.5 Å². The minimum Gasteiger partial charge on any atom is -0.507 e. The number of aliphatic hydroxyl groups is 1. The summed E-state index contributed by atoms with van der Waals surface area (Å²) in [6.07, 6.45) is 5.07. The van der Waals surface area contributed by atoms with Crippen LogP contribution < -0.4 is 0 Å². The van der Waals surface area contributed by atoms with Crippen molar-refractivity contribution in [3.05, 3.63) is 56.6 Å². The van der Waals surface area contributed by atoms with E-state index in [0.29, 0.717) is 45.4 Å². The van der Waals surface area contributed by atoms with Crippen LogP contribution in [-0.4, -0.2) is 72.5 Å². The van der Waals surface area contributed by atoms with Gasteiger partial charge in [-0.15, -0.1) is 0 Å². The van der Waals surface area contributed by atoms with Crippen molar-refractivity contribution in [2.45, 2.75) is 6.10 Å². The van der Waals surface area contributed by atoms with Crippen LogP contribution in [-0.2, 0) is 0 Å². The molecule has 7 nitrogen and oxygen atoms in total. The molecule has 0 spiro atoms. The Morgan fingerprint density at radius 3 is 1.33 bits per heavy atom. The van der Waals surface area contributed by atoms with Crippen LogP contribution in [0, 0.1) is 0 Å².